The first kappa shape index (κ1) is 14.4. The summed E-state index contributed by atoms with van der Waals surface area (Å²) in [6, 6.07) is 11.7. The molecule has 0 saturated carbocycles. The number of hydrogen-bond acceptors (Lipinski definition) is 2. The Labute approximate surface area is 125 Å². The van der Waals surface area contributed by atoms with Gasteiger partial charge in [0.2, 0.25) is 0 Å². The van der Waals surface area contributed by atoms with Crippen LogP contribution in [0.15, 0.2) is 51.8 Å². The average molecular weight is 361 g/mol. The third-order valence-corrected chi connectivity index (χ3v) is 5.10. The Kier molecular flexibility index (Phi) is 4.18. The predicted molar refractivity (Wildman–Crippen MR) is 81.1 cm³/mol. The van der Waals surface area contributed by atoms with Crippen molar-refractivity contribution in [2.75, 3.05) is 4.72 Å². The molecule has 0 aliphatic rings. The van der Waals surface area contributed by atoms with E-state index >= 15 is 0 Å². The molecule has 100 valence electrons. The summed E-state index contributed by atoms with van der Waals surface area (Å²) >= 11 is 9.05. The van der Waals surface area contributed by atoms with Crippen LogP contribution in [0.25, 0.3) is 0 Å². The van der Waals surface area contributed by atoms with E-state index in [1.165, 1.54) is 6.07 Å². The molecule has 0 bridgehead atoms. The van der Waals surface area contributed by atoms with Crippen molar-refractivity contribution in [1.29, 1.82) is 0 Å². The second kappa shape index (κ2) is 5.53. The van der Waals surface area contributed by atoms with Gasteiger partial charge in [0.1, 0.15) is 4.90 Å². The molecule has 2 aromatic carbocycles. The second-order valence-electron chi connectivity index (χ2n) is 4.05. The van der Waals surface area contributed by atoms with Gasteiger partial charge in [0.25, 0.3) is 10.0 Å². The lowest BCUT2D eigenvalue weighted by atomic mass is 10.2. The molecular weight excluding hydrogens is 350 g/mol. The molecule has 2 aromatic rings. The minimum Gasteiger partial charge on any atom is -0.280 e. The van der Waals surface area contributed by atoms with Crippen molar-refractivity contribution in [3.05, 3.63) is 57.5 Å². The highest BCUT2D eigenvalue weighted by Gasteiger charge is 2.18. The lowest BCUT2D eigenvalue weighted by Crippen LogP contribution is -2.13. The number of benzene rings is 2. The van der Waals surface area contributed by atoms with Crippen LogP contribution in [0.4, 0.5) is 5.69 Å². The van der Waals surface area contributed by atoms with Crippen molar-refractivity contribution in [3.8, 4) is 0 Å². The smallest absolute Gasteiger partial charge is 0.263 e. The van der Waals surface area contributed by atoms with E-state index in [2.05, 4.69) is 20.7 Å². The van der Waals surface area contributed by atoms with E-state index in [0.717, 1.165) is 5.56 Å². The molecule has 0 aliphatic carbocycles. The number of rotatable bonds is 3. The van der Waals surface area contributed by atoms with Crippen molar-refractivity contribution >= 4 is 43.2 Å². The number of hydrogen-bond donors (Lipinski definition) is 1. The summed E-state index contributed by atoms with van der Waals surface area (Å²) in [5.41, 5.74) is 1.57. The molecule has 6 heteroatoms. The van der Waals surface area contributed by atoms with E-state index in [1.54, 1.807) is 24.3 Å². The standard InChI is InChI=1S/C13H11BrClNO2S/c1-9-2-5-11(6-3-9)16-19(17,18)13-8-10(15)4-7-12(13)14/h2-8,16H,1H3. The number of anilines is 1. The Morgan fingerprint density at radius 3 is 2.37 bits per heavy atom. The summed E-state index contributed by atoms with van der Waals surface area (Å²) in [5.74, 6) is 0. The van der Waals surface area contributed by atoms with E-state index in [0.29, 0.717) is 15.2 Å². The van der Waals surface area contributed by atoms with Crippen LogP contribution in [0.5, 0.6) is 0 Å². The first-order chi connectivity index (χ1) is 8.88. The maximum atomic E-state index is 12.3. The molecule has 0 heterocycles. The van der Waals surface area contributed by atoms with Gasteiger partial charge in [-0.15, -0.1) is 0 Å². The predicted octanol–water partition coefficient (Wildman–Crippen LogP) is 4.21. The molecule has 0 radical (unpaired) electrons. The normalized spacial score (nSPS) is 11.3. The molecule has 0 saturated heterocycles. The molecule has 3 nitrogen and oxygen atoms in total. The monoisotopic (exact) mass is 359 g/mol. The van der Waals surface area contributed by atoms with Gasteiger partial charge in [0.05, 0.1) is 0 Å². The molecule has 0 atom stereocenters. The highest BCUT2D eigenvalue weighted by atomic mass is 79.9. The van der Waals surface area contributed by atoms with E-state index in [-0.39, 0.29) is 4.90 Å². The minimum atomic E-state index is -3.66. The molecule has 19 heavy (non-hydrogen) atoms. The van der Waals surface area contributed by atoms with Crippen LogP contribution in [0.2, 0.25) is 5.02 Å². The zero-order chi connectivity index (χ0) is 14.0. The van der Waals surface area contributed by atoms with E-state index in [9.17, 15) is 8.42 Å². The third-order valence-electron chi connectivity index (χ3n) is 2.49. The molecule has 2 rings (SSSR count). The molecule has 0 spiro atoms. The Bertz CT molecular complexity index is 699. The maximum absolute atomic E-state index is 12.3. The summed E-state index contributed by atoms with van der Waals surface area (Å²) in [6.45, 7) is 1.94. The van der Waals surface area contributed by atoms with E-state index in [4.69, 9.17) is 11.6 Å². The van der Waals surface area contributed by atoms with Gasteiger partial charge in [0, 0.05) is 15.2 Å². The molecule has 0 fully saturated rings. The molecular formula is C13H11BrClNO2S. The van der Waals surface area contributed by atoms with Crippen LogP contribution in [0.3, 0.4) is 0 Å². The summed E-state index contributed by atoms with van der Waals surface area (Å²) in [5, 5.41) is 0.368. The molecule has 1 N–H and O–H groups in total. The number of nitrogens with one attached hydrogen (secondary N) is 1. The van der Waals surface area contributed by atoms with Gasteiger partial charge < -0.3 is 0 Å². The van der Waals surface area contributed by atoms with Gasteiger partial charge in [-0.1, -0.05) is 29.3 Å². The first-order valence-electron chi connectivity index (χ1n) is 5.43. The lowest BCUT2D eigenvalue weighted by molar-refractivity contribution is 0.601. The maximum Gasteiger partial charge on any atom is 0.263 e. The number of sulfonamides is 1. The topological polar surface area (TPSA) is 46.2 Å². The number of aryl methyl sites for hydroxylation is 1. The quantitative estimate of drug-likeness (QED) is 0.891. The van der Waals surface area contributed by atoms with Gasteiger partial charge in [0.15, 0.2) is 0 Å². The lowest BCUT2D eigenvalue weighted by Gasteiger charge is -2.10. The summed E-state index contributed by atoms with van der Waals surface area (Å²) in [6.07, 6.45) is 0. The Morgan fingerprint density at radius 2 is 1.74 bits per heavy atom. The van der Waals surface area contributed by atoms with Crippen molar-refractivity contribution in [2.45, 2.75) is 11.8 Å². The Hall–Kier alpha value is -1.04. The van der Waals surface area contributed by atoms with Crippen molar-refractivity contribution < 1.29 is 8.42 Å². The Morgan fingerprint density at radius 1 is 1.11 bits per heavy atom. The van der Waals surface area contributed by atoms with Gasteiger partial charge in [-0.25, -0.2) is 8.42 Å². The highest BCUT2D eigenvalue weighted by Crippen LogP contribution is 2.27. The van der Waals surface area contributed by atoms with Crippen molar-refractivity contribution in [1.82, 2.24) is 0 Å². The second-order valence-corrected chi connectivity index (χ2v) is 6.99. The zero-order valence-corrected chi connectivity index (χ0v) is 13.2. The first-order valence-corrected chi connectivity index (χ1v) is 8.08. The van der Waals surface area contributed by atoms with E-state index in [1.807, 2.05) is 19.1 Å². The van der Waals surface area contributed by atoms with Crippen LogP contribution in [0.1, 0.15) is 5.56 Å². The molecule has 0 amide bonds. The molecule has 0 unspecified atom stereocenters. The van der Waals surface area contributed by atoms with Crippen LogP contribution in [0, 0.1) is 6.92 Å². The summed E-state index contributed by atoms with van der Waals surface area (Å²) in [7, 11) is -3.66. The minimum absolute atomic E-state index is 0.112. The average Bonchev–Trinajstić information content (AvgIpc) is 2.35. The summed E-state index contributed by atoms with van der Waals surface area (Å²) < 4.78 is 27.5. The van der Waals surface area contributed by atoms with Crippen molar-refractivity contribution in [2.24, 2.45) is 0 Å². The van der Waals surface area contributed by atoms with Crippen LogP contribution in [-0.2, 0) is 10.0 Å². The van der Waals surface area contributed by atoms with Crippen LogP contribution < -0.4 is 4.72 Å². The third kappa shape index (κ3) is 3.49. The van der Waals surface area contributed by atoms with Crippen molar-refractivity contribution in [3.63, 3.8) is 0 Å². The fourth-order valence-electron chi connectivity index (χ4n) is 1.51. The SMILES string of the molecule is Cc1ccc(NS(=O)(=O)c2cc(Cl)ccc2Br)cc1. The fourth-order valence-corrected chi connectivity index (χ4v) is 3.80. The number of halogens is 2. The van der Waals surface area contributed by atoms with Gasteiger partial charge in [-0.05, 0) is 53.2 Å². The fraction of sp³-hybridized carbons (Fsp3) is 0.0769. The molecule has 0 aromatic heterocycles. The Balaban J connectivity index is 2.37. The van der Waals surface area contributed by atoms with Crippen LogP contribution in [-0.4, -0.2) is 8.42 Å². The van der Waals surface area contributed by atoms with E-state index < -0.39 is 10.0 Å². The highest BCUT2D eigenvalue weighted by molar-refractivity contribution is 9.10. The van der Waals surface area contributed by atoms with Crippen LogP contribution >= 0.6 is 27.5 Å². The molecule has 0 aliphatic heterocycles. The van der Waals surface area contributed by atoms with Gasteiger partial charge >= 0.3 is 0 Å². The van der Waals surface area contributed by atoms with Gasteiger partial charge in [-0.3, -0.25) is 4.72 Å². The zero-order valence-electron chi connectivity index (χ0n) is 10.0. The largest absolute Gasteiger partial charge is 0.280 e. The van der Waals surface area contributed by atoms with Gasteiger partial charge in [-0.2, -0.15) is 0 Å². The summed E-state index contributed by atoms with van der Waals surface area (Å²) in [4.78, 5) is 0.112.